The zero-order valence-electron chi connectivity index (χ0n) is 14.2. The Labute approximate surface area is 147 Å². The molecule has 24 heavy (non-hydrogen) atoms. The molecule has 1 saturated heterocycles. The first kappa shape index (κ1) is 17.0. The lowest BCUT2D eigenvalue weighted by Crippen LogP contribution is -2.38. The minimum absolute atomic E-state index is 0.0514. The van der Waals surface area contributed by atoms with Crippen LogP contribution in [-0.2, 0) is 6.54 Å². The third-order valence-electron chi connectivity index (χ3n) is 4.53. The molecule has 0 saturated carbocycles. The highest BCUT2D eigenvalue weighted by Crippen LogP contribution is 2.30. The van der Waals surface area contributed by atoms with Gasteiger partial charge in [-0.1, -0.05) is 0 Å². The number of piperidine rings is 1. The zero-order chi connectivity index (χ0) is 16.9. The molecule has 0 amide bonds. The van der Waals surface area contributed by atoms with E-state index in [0.29, 0.717) is 17.1 Å². The fraction of sp³-hybridized carbons (Fsp3) is 0.421. The van der Waals surface area contributed by atoms with Gasteiger partial charge in [-0.25, -0.2) is 0 Å². The fourth-order valence-electron chi connectivity index (χ4n) is 3.28. The molecule has 1 aliphatic heterocycles. The van der Waals surface area contributed by atoms with Crippen molar-refractivity contribution in [3.63, 3.8) is 0 Å². The van der Waals surface area contributed by atoms with Gasteiger partial charge in [0.2, 0.25) is 0 Å². The summed E-state index contributed by atoms with van der Waals surface area (Å²) in [6.45, 7) is 2.81. The lowest BCUT2D eigenvalue weighted by molar-refractivity contribution is 0.0811. The van der Waals surface area contributed by atoms with Crippen LogP contribution < -0.4 is 9.47 Å². The Morgan fingerprint density at radius 2 is 2.08 bits per heavy atom. The maximum atomic E-state index is 12.9. The van der Waals surface area contributed by atoms with Crippen LogP contribution in [-0.4, -0.2) is 38.0 Å². The minimum atomic E-state index is 0.0514. The van der Waals surface area contributed by atoms with Crippen LogP contribution in [0.15, 0.2) is 35.0 Å². The predicted molar refractivity (Wildman–Crippen MR) is 96.2 cm³/mol. The van der Waals surface area contributed by atoms with Gasteiger partial charge in [0, 0.05) is 24.6 Å². The smallest absolute Gasteiger partial charge is 0.167 e. The summed E-state index contributed by atoms with van der Waals surface area (Å²) in [6, 6.07) is 7.59. The van der Waals surface area contributed by atoms with Crippen molar-refractivity contribution in [3.8, 4) is 11.5 Å². The maximum absolute atomic E-state index is 12.9. The van der Waals surface area contributed by atoms with Gasteiger partial charge in [0.15, 0.2) is 17.3 Å². The summed E-state index contributed by atoms with van der Waals surface area (Å²) in [5, 5.41) is 4.28. The number of carbonyl (C=O) groups excluding carboxylic acids is 1. The van der Waals surface area contributed by atoms with E-state index in [1.54, 1.807) is 37.7 Å². The van der Waals surface area contributed by atoms with Crippen LogP contribution in [0.3, 0.4) is 0 Å². The highest BCUT2D eigenvalue weighted by atomic mass is 32.1. The monoisotopic (exact) mass is 345 g/mol. The molecule has 1 aromatic carbocycles. The molecule has 4 nitrogen and oxygen atoms in total. The van der Waals surface area contributed by atoms with Crippen LogP contribution in [0.4, 0.5) is 0 Å². The molecule has 5 heteroatoms. The van der Waals surface area contributed by atoms with Crippen molar-refractivity contribution in [2.45, 2.75) is 19.4 Å². The quantitative estimate of drug-likeness (QED) is 0.745. The molecule has 0 bridgehead atoms. The van der Waals surface area contributed by atoms with Crippen molar-refractivity contribution >= 4 is 17.1 Å². The molecule has 1 atom stereocenters. The van der Waals surface area contributed by atoms with Gasteiger partial charge in [-0.15, -0.1) is 0 Å². The van der Waals surface area contributed by atoms with E-state index in [1.165, 1.54) is 5.56 Å². The first-order valence-corrected chi connectivity index (χ1v) is 9.15. The van der Waals surface area contributed by atoms with Gasteiger partial charge >= 0.3 is 0 Å². The Morgan fingerprint density at radius 1 is 1.25 bits per heavy atom. The van der Waals surface area contributed by atoms with Crippen LogP contribution in [0.5, 0.6) is 11.5 Å². The van der Waals surface area contributed by atoms with Crippen molar-refractivity contribution < 1.29 is 14.3 Å². The minimum Gasteiger partial charge on any atom is -0.493 e. The Morgan fingerprint density at radius 3 is 2.79 bits per heavy atom. The number of thiophene rings is 1. The number of carbonyl (C=O) groups is 1. The van der Waals surface area contributed by atoms with E-state index in [9.17, 15) is 4.79 Å². The molecule has 0 N–H and O–H groups in total. The molecule has 2 heterocycles. The number of Topliss-reactive ketones (excluding diaryl/α,β-unsaturated/α-hetero) is 1. The number of ketones is 1. The second kappa shape index (κ2) is 7.81. The van der Waals surface area contributed by atoms with Crippen LogP contribution >= 0.6 is 11.3 Å². The number of likely N-dealkylation sites (tertiary alicyclic amines) is 1. The van der Waals surface area contributed by atoms with Crippen LogP contribution in [0.2, 0.25) is 0 Å². The fourth-order valence-corrected chi connectivity index (χ4v) is 3.94. The second-order valence-electron chi connectivity index (χ2n) is 6.14. The number of hydrogen-bond donors (Lipinski definition) is 0. The van der Waals surface area contributed by atoms with E-state index >= 15 is 0 Å². The van der Waals surface area contributed by atoms with Crippen LogP contribution in [0.25, 0.3) is 0 Å². The van der Waals surface area contributed by atoms with Gasteiger partial charge in [0.25, 0.3) is 0 Å². The molecule has 0 radical (unpaired) electrons. The molecular weight excluding hydrogens is 322 g/mol. The van der Waals surface area contributed by atoms with Crippen molar-refractivity contribution in [3.05, 3.63) is 46.2 Å². The normalized spacial score (nSPS) is 18.3. The number of methoxy groups -OCH3 is 2. The molecule has 0 aliphatic carbocycles. The highest BCUT2D eigenvalue weighted by molar-refractivity contribution is 7.07. The molecule has 128 valence electrons. The number of rotatable bonds is 6. The topological polar surface area (TPSA) is 38.8 Å². The van der Waals surface area contributed by atoms with E-state index in [4.69, 9.17) is 9.47 Å². The Balaban J connectivity index is 1.70. The number of benzene rings is 1. The van der Waals surface area contributed by atoms with Crippen LogP contribution in [0.1, 0.15) is 28.8 Å². The van der Waals surface area contributed by atoms with E-state index in [2.05, 4.69) is 21.7 Å². The molecule has 1 aromatic heterocycles. The molecule has 0 spiro atoms. The predicted octanol–water partition coefficient (Wildman–Crippen LogP) is 3.86. The summed E-state index contributed by atoms with van der Waals surface area (Å²) >= 11 is 1.72. The van der Waals surface area contributed by atoms with Gasteiger partial charge in [-0.05, 0) is 60.0 Å². The van der Waals surface area contributed by atoms with Gasteiger partial charge in [-0.2, -0.15) is 11.3 Å². The van der Waals surface area contributed by atoms with Crippen LogP contribution in [0, 0.1) is 5.92 Å². The van der Waals surface area contributed by atoms with E-state index in [1.807, 2.05) is 6.07 Å². The van der Waals surface area contributed by atoms with Gasteiger partial charge in [0.1, 0.15) is 0 Å². The van der Waals surface area contributed by atoms with E-state index in [0.717, 1.165) is 32.5 Å². The molecule has 3 rings (SSSR count). The average molecular weight is 345 g/mol. The summed E-state index contributed by atoms with van der Waals surface area (Å²) < 4.78 is 10.6. The zero-order valence-corrected chi connectivity index (χ0v) is 15.0. The highest BCUT2D eigenvalue weighted by Gasteiger charge is 2.27. The average Bonchev–Trinajstić information content (AvgIpc) is 3.13. The van der Waals surface area contributed by atoms with Crippen molar-refractivity contribution in [1.82, 2.24) is 4.90 Å². The summed E-state index contributed by atoms with van der Waals surface area (Å²) in [5.41, 5.74) is 2.04. The lowest BCUT2D eigenvalue weighted by Gasteiger charge is -2.31. The molecular formula is C19H23NO3S. The third-order valence-corrected chi connectivity index (χ3v) is 5.26. The summed E-state index contributed by atoms with van der Waals surface area (Å²) in [7, 11) is 3.19. The Bertz CT molecular complexity index is 684. The summed E-state index contributed by atoms with van der Waals surface area (Å²) in [6.07, 6.45) is 2.02. The summed E-state index contributed by atoms with van der Waals surface area (Å²) in [4.78, 5) is 15.3. The number of ether oxygens (including phenoxy) is 2. The Hall–Kier alpha value is -1.85. The number of hydrogen-bond acceptors (Lipinski definition) is 5. The standard InChI is InChI=1S/C19H23NO3S/c1-22-17-6-5-15(10-18(17)23-2)19(21)16-4-3-8-20(12-16)11-14-7-9-24-13-14/h5-7,9-10,13,16H,3-4,8,11-12H2,1-2H3/t16-/m0/s1. The first-order chi connectivity index (χ1) is 11.7. The SMILES string of the molecule is COc1ccc(C(=O)[C@H]2CCCN(Cc3ccsc3)C2)cc1OC. The molecule has 1 fully saturated rings. The molecule has 1 aliphatic rings. The van der Waals surface area contributed by atoms with Crippen molar-refractivity contribution in [1.29, 1.82) is 0 Å². The largest absolute Gasteiger partial charge is 0.493 e. The van der Waals surface area contributed by atoms with Gasteiger partial charge in [-0.3, -0.25) is 9.69 Å². The molecule has 2 aromatic rings. The summed E-state index contributed by atoms with van der Waals surface area (Å²) in [5.74, 6) is 1.51. The maximum Gasteiger partial charge on any atom is 0.167 e. The lowest BCUT2D eigenvalue weighted by atomic mass is 9.89. The van der Waals surface area contributed by atoms with Gasteiger partial charge < -0.3 is 9.47 Å². The van der Waals surface area contributed by atoms with E-state index < -0.39 is 0 Å². The first-order valence-electron chi connectivity index (χ1n) is 8.21. The second-order valence-corrected chi connectivity index (χ2v) is 6.92. The number of nitrogens with zero attached hydrogens (tertiary/aromatic N) is 1. The van der Waals surface area contributed by atoms with E-state index in [-0.39, 0.29) is 11.7 Å². The van der Waals surface area contributed by atoms with Crippen molar-refractivity contribution in [2.75, 3.05) is 27.3 Å². The van der Waals surface area contributed by atoms with Crippen molar-refractivity contribution in [2.24, 2.45) is 5.92 Å². The Kier molecular flexibility index (Phi) is 5.53. The van der Waals surface area contributed by atoms with Gasteiger partial charge in [0.05, 0.1) is 14.2 Å². The molecule has 0 unspecified atom stereocenters. The third kappa shape index (κ3) is 3.79.